The van der Waals surface area contributed by atoms with Crippen LogP contribution in [-0.4, -0.2) is 32.5 Å². The standard InChI is InChI=1S/C15H15Cl2N5OS.ClH/c1-22-15(19-20-21-22)24-7-6-18-9-11-3-5-14(23-11)12-8-10(16)2-4-13(12)17;/h2-5,8,18H,6-7,9H2,1H3;1H/p-1. The lowest BCUT2D eigenvalue weighted by molar-refractivity contribution is -0.00000544. The van der Waals surface area contributed by atoms with E-state index in [1.807, 2.05) is 19.2 Å². The summed E-state index contributed by atoms with van der Waals surface area (Å²) in [5.74, 6) is 2.41. The van der Waals surface area contributed by atoms with E-state index in [1.54, 1.807) is 34.6 Å². The second kappa shape index (κ2) is 9.45. The molecule has 6 nitrogen and oxygen atoms in total. The maximum absolute atomic E-state index is 6.19. The zero-order valence-electron chi connectivity index (χ0n) is 13.2. The highest BCUT2D eigenvalue weighted by Crippen LogP contribution is 2.31. The first-order chi connectivity index (χ1) is 11.6. The molecule has 1 N–H and O–H groups in total. The third-order valence-electron chi connectivity index (χ3n) is 3.25. The molecule has 134 valence electrons. The molecular formula is C15H15Cl3N5OS-. The fourth-order valence-electron chi connectivity index (χ4n) is 2.07. The number of nitrogens with zero attached hydrogens (tertiary/aromatic N) is 4. The van der Waals surface area contributed by atoms with Crippen LogP contribution in [0.15, 0.2) is 39.9 Å². The predicted molar refractivity (Wildman–Crippen MR) is 95.4 cm³/mol. The van der Waals surface area contributed by atoms with E-state index < -0.39 is 0 Å². The van der Waals surface area contributed by atoms with E-state index in [2.05, 4.69) is 20.8 Å². The van der Waals surface area contributed by atoms with Gasteiger partial charge in [0.05, 0.1) is 11.6 Å². The molecule has 0 atom stereocenters. The molecule has 2 aromatic heterocycles. The molecule has 0 spiro atoms. The van der Waals surface area contributed by atoms with Crippen LogP contribution in [0.4, 0.5) is 0 Å². The monoisotopic (exact) mass is 418 g/mol. The van der Waals surface area contributed by atoms with Crippen molar-refractivity contribution in [2.45, 2.75) is 11.7 Å². The van der Waals surface area contributed by atoms with E-state index in [1.165, 1.54) is 0 Å². The first-order valence-electron chi connectivity index (χ1n) is 7.23. The minimum absolute atomic E-state index is 0. The average Bonchev–Trinajstić information content (AvgIpc) is 3.19. The van der Waals surface area contributed by atoms with Gasteiger partial charge in [0.15, 0.2) is 0 Å². The molecule has 0 radical (unpaired) electrons. The van der Waals surface area contributed by atoms with Crippen molar-refractivity contribution in [2.75, 3.05) is 12.3 Å². The average molecular weight is 420 g/mol. The number of aromatic nitrogens is 4. The summed E-state index contributed by atoms with van der Waals surface area (Å²) in [6, 6.07) is 9.14. The Morgan fingerprint density at radius 1 is 1.24 bits per heavy atom. The van der Waals surface area contributed by atoms with Gasteiger partial charge in [0.1, 0.15) is 11.5 Å². The first kappa shape index (κ1) is 20.1. The van der Waals surface area contributed by atoms with Crippen molar-refractivity contribution < 1.29 is 16.8 Å². The molecule has 0 aliphatic heterocycles. The van der Waals surface area contributed by atoms with Crippen molar-refractivity contribution in [2.24, 2.45) is 7.05 Å². The van der Waals surface area contributed by atoms with Gasteiger partial charge in [-0.1, -0.05) is 35.0 Å². The third kappa shape index (κ3) is 5.36. The van der Waals surface area contributed by atoms with Crippen molar-refractivity contribution in [1.82, 2.24) is 25.5 Å². The Kier molecular flexibility index (Phi) is 7.58. The Morgan fingerprint density at radius 2 is 2.08 bits per heavy atom. The van der Waals surface area contributed by atoms with Crippen LogP contribution in [-0.2, 0) is 13.6 Å². The summed E-state index contributed by atoms with van der Waals surface area (Å²) in [4.78, 5) is 0. The number of thioether (sulfide) groups is 1. The normalized spacial score (nSPS) is 10.7. The van der Waals surface area contributed by atoms with Crippen molar-refractivity contribution >= 4 is 35.0 Å². The van der Waals surface area contributed by atoms with Crippen LogP contribution in [0.25, 0.3) is 11.3 Å². The summed E-state index contributed by atoms with van der Waals surface area (Å²) >= 11 is 13.8. The fraction of sp³-hybridized carbons (Fsp3) is 0.267. The molecule has 0 saturated carbocycles. The Labute approximate surface area is 165 Å². The van der Waals surface area contributed by atoms with Crippen LogP contribution in [0.5, 0.6) is 0 Å². The first-order valence-corrected chi connectivity index (χ1v) is 8.97. The van der Waals surface area contributed by atoms with Crippen molar-refractivity contribution in [3.05, 3.63) is 46.1 Å². The van der Waals surface area contributed by atoms with Crippen LogP contribution in [0, 0.1) is 0 Å². The highest BCUT2D eigenvalue weighted by atomic mass is 35.5. The smallest absolute Gasteiger partial charge is 0.209 e. The summed E-state index contributed by atoms with van der Waals surface area (Å²) < 4.78 is 7.48. The number of rotatable bonds is 7. The van der Waals surface area contributed by atoms with E-state index in [9.17, 15) is 0 Å². The maximum atomic E-state index is 6.19. The molecule has 2 heterocycles. The summed E-state index contributed by atoms with van der Waals surface area (Å²) in [6.45, 7) is 1.45. The topological polar surface area (TPSA) is 68.8 Å². The van der Waals surface area contributed by atoms with Gasteiger partial charge in [-0.15, -0.1) is 5.10 Å². The van der Waals surface area contributed by atoms with Gasteiger partial charge in [0, 0.05) is 29.9 Å². The highest BCUT2D eigenvalue weighted by Gasteiger charge is 2.09. The molecular weight excluding hydrogens is 405 g/mol. The molecule has 3 aromatic rings. The van der Waals surface area contributed by atoms with Gasteiger partial charge in [-0.05, 0) is 40.8 Å². The van der Waals surface area contributed by atoms with E-state index in [4.69, 9.17) is 27.6 Å². The molecule has 3 rings (SSSR count). The Morgan fingerprint density at radius 3 is 2.84 bits per heavy atom. The zero-order chi connectivity index (χ0) is 16.9. The fourth-order valence-corrected chi connectivity index (χ4v) is 3.20. The van der Waals surface area contributed by atoms with Crippen LogP contribution < -0.4 is 17.7 Å². The van der Waals surface area contributed by atoms with Gasteiger partial charge in [0.25, 0.3) is 0 Å². The Balaban J connectivity index is 0.00000225. The van der Waals surface area contributed by atoms with Gasteiger partial charge in [-0.25, -0.2) is 4.68 Å². The maximum Gasteiger partial charge on any atom is 0.209 e. The van der Waals surface area contributed by atoms with Gasteiger partial charge >= 0.3 is 0 Å². The molecule has 0 saturated heterocycles. The predicted octanol–water partition coefficient (Wildman–Crippen LogP) is 0.663. The number of furan rings is 1. The largest absolute Gasteiger partial charge is 1.00 e. The lowest BCUT2D eigenvalue weighted by Gasteiger charge is -2.03. The van der Waals surface area contributed by atoms with Crippen LogP contribution in [0.3, 0.4) is 0 Å². The van der Waals surface area contributed by atoms with Crippen LogP contribution in [0.1, 0.15) is 5.76 Å². The number of halogens is 3. The van der Waals surface area contributed by atoms with Crippen LogP contribution in [0.2, 0.25) is 10.0 Å². The van der Waals surface area contributed by atoms with E-state index >= 15 is 0 Å². The van der Waals surface area contributed by atoms with Crippen molar-refractivity contribution in [3.8, 4) is 11.3 Å². The van der Waals surface area contributed by atoms with Gasteiger partial charge < -0.3 is 22.1 Å². The van der Waals surface area contributed by atoms with E-state index in [-0.39, 0.29) is 12.4 Å². The highest BCUT2D eigenvalue weighted by molar-refractivity contribution is 7.99. The minimum atomic E-state index is 0. The molecule has 0 unspecified atom stereocenters. The number of aryl methyl sites for hydroxylation is 1. The lowest BCUT2D eigenvalue weighted by atomic mass is 10.2. The summed E-state index contributed by atoms with van der Waals surface area (Å²) in [5, 5.41) is 16.7. The van der Waals surface area contributed by atoms with Crippen molar-refractivity contribution in [1.29, 1.82) is 0 Å². The summed E-state index contributed by atoms with van der Waals surface area (Å²) in [6.07, 6.45) is 0. The number of nitrogens with one attached hydrogen (secondary N) is 1. The number of hydrogen-bond donors (Lipinski definition) is 1. The van der Waals surface area contributed by atoms with E-state index in [0.717, 1.165) is 28.8 Å². The molecule has 0 aliphatic carbocycles. The quantitative estimate of drug-likeness (QED) is 0.448. The van der Waals surface area contributed by atoms with Gasteiger partial charge in [0.2, 0.25) is 5.16 Å². The number of benzene rings is 1. The summed E-state index contributed by atoms with van der Waals surface area (Å²) in [7, 11) is 1.82. The molecule has 0 aliphatic rings. The van der Waals surface area contributed by atoms with Crippen LogP contribution >= 0.6 is 35.0 Å². The molecule has 25 heavy (non-hydrogen) atoms. The molecule has 10 heteroatoms. The molecule has 0 fully saturated rings. The van der Waals surface area contributed by atoms with E-state index in [0.29, 0.717) is 22.4 Å². The number of hydrogen-bond acceptors (Lipinski definition) is 6. The van der Waals surface area contributed by atoms with Crippen molar-refractivity contribution in [3.63, 3.8) is 0 Å². The second-order valence-electron chi connectivity index (χ2n) is 5.00. The molecule has 0 amide bonds. The second-order valence-corrected chi connectivity index (χ2v) is 6.91. The third-order valence-corrected chi connectivity index (χ3v) is 4.82. The van der Waals surface area contributed by atoms with Gasteiger partial charge in [-0.3, -0.25) is 0 Å². The molecule has 0 bridgehead atoms. The van der Waals surface area contributed by atoms with Gasteiger partial charge in [-0.2, -0.15) is 0 Å². The lowest BCUT2D eigenvalue weighted by Crippen LogP contribution is -3.00. The minimum Gasteiger partial charge on any atom is -1.00 e. The Bertz CT molecular complexity index is 823. The molecule has 1 aromatic carbocycles. The Hall–Kier alpha value is -1.25. The zero-order valence-corrected chi connectivity index (χ0v) is 16.3. The SMILES string of the molecule is Cn1nnnc1SCCNCc1ccc(-c2cc(Cl)ccc2Cl)o1.[Cl-]. The summed E-state index contributed by atoms with van der Waals surface area (Å²) in [5.41, 5.74) is 0.792. The number of tetrazole rings is 1.